The molecular formula is C27H42N2O7. The molecule has 202 valence electrons. The molecule has 1 aromatic carbocycles. The third kappa shape index (κ3) is 8.11. The van der Waals surface area contributed by atoms with Gasteiger partial charge in [-0.25, -0.2) is 4.79 Å². The van der Waals surface area contributed by atoms with Gasteiger partial charge in [0.1, 0.15) is 11.9 Å². The zero-order valence-corrected chi connectivity index (χ0v) is 22.7. The number of carbonyl (C=O) groups is 3. The molecule has 9 heteroatoms. The summed E-state index contributed by atoms with van der Waals surface area (Å²) in [4.78, 5) is 41.4. The largest absolute Gasteiger partial charge is 0.493 e. The number of benzene rings is 1. The summed E-state index contributed by atoms with van der Waals surface area (Å²) >= 11 is 0. The third-order valence-electron chi connectivity index (χ3n) is 6.02. The highest BCUT2D eigenvalue weighted by molar-refractivity contribution is 5.95. The van der Waals surface area contributed by atoms with Crippen LogP contribution in [-0.2, 0) is 14.3 Å². The Morgan fingerprint density at radius 3 is 2.44 bits per heavy atom. The lowest BCUT2D eigenvalue weighted by atomic mass is 9.94. The van der Waals surface area contributed by atoms with E-state index in [0.29, 0.717) is 56.1 Å². The Bertz CT molecular complexity index is 881. The van der Waals surface area contributed by atoms with E-state index in [-0.39, 0.29) is 30.5 Å². The molecule has 1 aromatic rings. The second kappa shape index (κ2) is 13.5. The van der Waals surface area contributed by atoms with Gasteiger partial charge in [-0.05, 0) is 65.7 Å². The maximum absolute atomic E-state index is 13.7. The van der Waals surface area contributed by atoms with Crippen LogP contribution in [0.15, 0.2) is 18.2 Å². The normalized spacial score (nSPS) is 18.1. The standard InChI is InChI=1S/C27H42N2O7/c1-19(2)29(22-11-10-21(13-14-30)28(18-22)26(32)36-27(3,4)5)25(31)20-9-12-23(34-7)24(17-20)35-16-8-15-33-6/h9,12,14,17,19,21-22H,8,10-11,13,15-16,18H2,1-7H3/t21-,22+/m0/s1. The van der Waals surface area contributed by atoms with Crippen LogP contribution in [0.5, 0.6) is 11.5 Å². The highest BCUT2D eigenvalue weighted by Gasteiger charge is 2.38. The van der Waals surface area contributed by atoms with E-state index in [1.165, 1.54) is 0 Å². The fraction of sp³-hybridized carbons (Fsp3) is 0.667. The maximum Gasteiger partial charge on any atom is 0.410 e. The molecule has 0 spiro atoms. The number of amides is 2. The number of methoxy groups -OCH3 is 2. The number of ether oxygens (including phenoxy) is 4. The Balaban J connectivity index is 2.28. The molecule has 9 nitrogen and oxygen atoms in total. The van der Waals surface area contributed by atoms with Gasteiger partial charge in [-0.15, -0.1) is 0 Å². The van der Waals surface area contributed by atoms with Gasteiger partial charge in [0.2, 0.25) is 0 Å². The number of carbonyl (C=O) groups excluding carboxylic acids is 3. The molecule has 0 aliphatic carbocycles. The van der Waals surface area contributed by atoms with Crippen LogP contribution in [0.3, 0.4) is 0 Å². The zero-order valence-electron chi connectivity index (χ0n) is 22.7. The molecule has 0 aromatic heterocycles. The Morgan fingerprint density at radius 2 is 1.86 bits per heavy atom. The summed E-state index contributed by atoms with van der Waals surface area (Å²) in [5, 5.41) is 0. The van der Waals surface area contributed by atoms with Gasteiger partial charge in [0.05, 0.1) is 19.8 Å². The quantitative estimate of drug-likeness (QED) is 0.326. The summed E-state index contributed by atoms with van der Waals surface area (Å²) in [7, 11) is 3.19. The van der Waals surface area contributed by atoms with E-state index in [4.69, 9.17) is 18.9 Å². The van der Waals surface area contributed by atoms with Crippen LogP contribution in [0.2, 0.25) is 0 Å². The van der Waals surface area contributed by atoms with Crippen LogP contribution in [-0.4, -0.2) is 85.8 Å². The van der Waals surface area contributed by atoms with Crippen LogP contribution in [0, 0.1) is 0 Å². The first-order valence-corrected chi connectivity index (χ1v) is 12.6. The van der Waals surface area contributed by atoms with Gasteiger partial charge in [-0.1, -0.05) is 0 Å². The van der Waals surface area contributed by atoms with E-state index in [0.717, 1.165) is 6.29 Å². The molecule has 2 rings (SSSR count). The SMILES string of the molecule is COCCCOc1cc(C(=O)N(C(C)C)[C@@H]2CC[C@@H](CC=O)N(C(=O)OC(C)(C)C)C2)ccc1OC. The van der Waals surface area contributed by atoms with Crippen molar-refractivity contribution in [3.63, 3.8) is 0 Å². The number of aldehydes is 1. The molecule has 1 fully saturated rings. The molecule has 2 amide bonds. The van der Waals surface area contributed by atoms with Gasteiger partial charge < -0.3 is 33.5 Å². The van der Waals surface area contributed by atoms with Crippen LogP contribution in [0.1, 0.15) is 70.7 Å². The Kier molecular flexibility index (Phi) is 11.0. The summed E-state index contributed by atoms with van der Waals surface area (Å²) in [6.45, 7) is 10.6. The molecule has 2 atom stereocenters. The lowest BCUT2D eigenvalue weighted by Gasteiger charge is -2.44. The molecule has 1 saturated heterocycles. The van der Waals surface area contributed by atoms with Crippen LogP contribution in [0.25, 0.3) is 0 Å². The van der Waals surface area contributed by atoms with E-state index in [9.17, 15) is 14.4 Å². The number of likely N-dealkylation sites (tertiary alicyclic amines) is 1. The first-order chi connectivity index (χ1) is 17.0. The molecule has 0 unspecified atom stereocenters. The molecule has 1 aliphatic heterocycles. The van der Waals surface area contributed by atoms with Gasteiger partial charge in [0.15, 0.2) is 11.5 Å². The average Bonchev–Trinajstić information content (AvgIpc) is 2.81. The predicted octanol–water partition coefficient (Wildman–Crippen LogP) is 4.32. The second-order valence-corrected chi connectivity index (χ2v) is 10.3. The molecule has 0 radical (unpaired) electrons. The minimum Gasteiger partial charge on any atom is -0.493 e. The Labute approximate surface area is 215 Å². The second-order valence-electron chi connectivity index (χ2n) is 10.3. The topological polar surface area (TPSA) is 94.6 Å². The molecule has 1 heterocycles. The summed E-state index contributed by atoms with van der Waals surface area (Å²) in [6, 6.07) is 4.58. The Morgan fingerprint density at radius 1 is 1.14 bits per heavy atom. The van der Waals surface area contributed by atoms with Crippen molar-refractivity contribution < 1.29 is 33.3 Å². The van der Waals surface area contributed by atoms with Crippen LogP contribution in [0.4, 0.5) is 4.79 Å². The van der Waals surface area contributed by atoms with Gasteiger partial charge in [0.25, 0.3) is 5.91 Å². The first-order valence-electron chi connectivity index (χ1n) is 12.6. The molecule has 36 heavy (non-hydrogen) atoms. The number of hydrogen-bond acceptors (Lipinski definition) is 7. The van der Waals surface area contributed by atoms with Crippen molar-refractivity contribution in [3.05, 3.63) is 23.8 Å². The van der Waals surface area contributed by atoms with E-state index in [1.807, 2.05) is 39.5 Å². The minimum atomic E-state index is -0.661. The van der Waals surface area contributed by atoms with Gasteiger partial charge >= 0.3 is 6.09 Å². The highest BCUT2D eigenvalue weighted by Crippen LogP contribution is 2.31. The van der Waals surface area contributed by atoms with Crippen molar-refractivity contribution in [2.45, 2.75) is 84.0 Å². The van der Waals surface area contributed by atoms with Crippen LogP contribution >= 0.6 is 0 Å². The van der Waals surface area contributed by atoms with E-state index in [2.05, 4.69) is 0 Å². The molecule has 0 bridgehead atoms. The Hall–Kier alpha value is -2.81. The molecular weight excluding hydrogens is 464 g/mol. The average molecular weight is 507 g/mol. The minimum absolute atomic E-state index is 0.112. The lowest BCUT2D eigenvalue weighted by molar-refractivity contribution is -0.109. The number of piperidine rings is 1. The molecule has 0 saturated carbocycles. The molecule has 1 aliphatic rings. The summed E-state index contributed by atoms with van der Waals surface area (Å²) in [5.74, 6) is 0.885. The van der Waals surface area contributed by atoms with E-state index >= 15 is 0 Å². The predicted molar refractivity (Wildman–Crippen MR) is 137 cm³/mol. The van der Waals surface area contributed by atoms with Gasteiger partial charge in [-0.3, -0.25) is 4.79 Å². The monoisotopic (exact) mass is 506 g/mol. The van der Waals surface area contributed by atoms with Crippen molar-refractivity contribution in [3.8, 4) is 11.5 Å². The lowest BCUT2D eigenvalue weighted by Crippen LogP contribution is -2.57. The van der Waals surface area contributed by atoms with Gasteiger partial charge in [0, 0.05) is 50.8 Å². The summed E-state index contributed by atoms with van der Waals surface area (Å²) in [5.41, 5.74) is -0.184. The number of hydrogen-bond donors (Lipinski definition) is 0. The highest BCUT2D eigenvalue weighted by atomic mass is 16.6. The van der Waals surface area contributed by atoms with Crippen molar-refractivity contribution in [1.29, 1.82) is 0 Å². The van der Waals surface area contributed by atoms with Crippen LogP contribution < -0.4 is 9.47 Å². The van der Waals surface area contributed by atoms with Crippen molar-refractivity contribution in [1.82, 2.24) is 9.80 Å². The van der Waals surface area contributed by atoms with E-state index < -0.39 is 11.7 Å². The maximum atomic E-state index is 13.7. The zero-order chi connectivity index (χ0) is 26.9. The number of nitrogens with zero attached hydrogens (tertiary/aromatic N) is 2. The first kappa shape index (κ1) is 29.4. The van der Waals surface area contributed by atoms with Crippen molar-refractivity contribution in [2.75, 3.05) is 34.0 Å². The van der Waals surface area contributed by atoms with Crippen molar-refractivity contribution in [2.24, 2.45) is 0 Å². The fourth-order valence-electron chi connectivity index (χ4n) is 4.41. The van der Waals surface area contributed by atoms with Crippen molar-refractivity contribution >= 4 is 18.3 Å². The summed E-state index contributed by atoms with van der Waals surface area (Å²) in [6.07, 6.45) is 2.60. The third-order valence-corrected chi connectivity index (χ3v) is 6.02. The molecule has 0 N–H and O–H groups in total. The fourth-order valence-corrected chi connectivity index (χ4v) is 4.41. The number of rotatable bonds is 11. The van der Waals surface area contributed by atoms with E-state index in [1.54, 1.807) is 37.3 Å². The smallest absolute Gasteiger partial charge is 0.410 e. The van der Waals surface area contributed by atoms with Gasteiger partial charge in [-0.2, -0.15) is 0 Å². The summed E-state index contributed by atoms with van der Waals surface area (Å²) < 4.78 is 22.0.